The van der Waals surface area contributed by atoms with Crippen molar-refractivity contribution in [2.45, 2.75) is 52.4 Å². The smallest absolute Gasteiger partial charge is 0.163 e. The number of aromatic hydroxyl groups is 2. The van der Waals surface area contributed by atoms with Gasteiger partial charge in [0.25, 0.3) is 0 Å². The fourth-order valence-electron chi connectivity index (χ4n) is 2.06. The highest BCUT2D eigenvalue weighted by Gasteiger charge is 2.14. The van der Waals surface area contributed by atoms with Crippen LogP contribution in [0.4, 0.5) is 0 Å². The number of Topliss-reactive ketones (excluding diaryl/α,β-unsaturated/α-hetero) is 1. The lowest BCUT2D eigenvalue weighted by Gasteiger charge is -2.10. The fraction of sp³-hybridized carbons (Fsp3) is 0.533. The van der Waals surface area contributed by atoms with E-state index >= 15 is 0 Å². The number of benzene rings is 1. The predicted octanol–water partition coefficient (Wildman–Crippen LogP) is 3.81. The van der Waals surface area contributed by atoms with Gasteiger partial charge in [-0.25, -0.2) is 0 Å². The van der Waals surface area contributed by atoms with E-state index in [0.717, 1.165) is 12.8 Å². The maximum absolute atomic E-state index is 11.3. The molecule has 0 aromatic heterocycles. The number of phenols is 2. The minimum Gasteiger partial charge on any atom is -0.508 e. The largest absolute Gasteiger partial charge is 0.508 e. The topological polar surface area (TPSA) is 57.5 Å². The number of unbranched alkanes of at least 4 members (excludes halogenated alkanes) is 4. The molecule has 0 saturated heterocycles. The molecule has 1 aromatic carbocycles. The van der Waals surface area contributed by atoms with Crippen LogP contribution in [0.3, 0.4) is 0 Å². The molecule has 0 atom stereocenters. The van der Waals surface area contributed by atoms with Gasteiger partial charge in [-0.3, -0.25) is 4.79 Å². The molecule has 0 bridgehead atoms. The quantitative estimate of drug-likeness (QED) is 0.571. The number of hydrogen-bond acceptors (Lipinski definition) is 3. The average molecular weight is 250 g/mol. The molecular formula is C15H22O3. The minimum absolute atomic E-state index is 0.0574. The van der Waals surface area contributed by atoms with Crippen LogP contribution in [0.2, 0.25) is 0 Å². The molecule has 0 saturated carbocycles. The molecule has 0 fully saturated rings. The zero-order valence-corrected chi connectivity index (χ0v) is 11.2. The summed E-state index contributed by atoms with van der Waals surface area (Å²) in [5.74, 6) is -0.161. The molecule has 0 aliphatic heterocycles. The highest BCUT2D eigenvalue weighted by Crippen LogP contribution is 2.32. The molecule has 0 heterocycles. The molecule has 0 aliphatic carbocycles. The van der Waals surface area contributed by atoms with Crippen LogP contribution in [-0.4, -0.2) is 16.0 Å². The third-order valence-electron chi connectivity index (χ3n) is 3.17. The Hall–Kier alpha value is -1.51. The Labute approximate surface area is 108 Å². The van der Waals surface area contributed by atoms with E-state index in [1.165, 1.54) is 38.3 Å². The van der Waals surface area contributed by atoms with Crippen LogP contribution < -0.4 is 0 Å². The summed E-state index contributed by atoms with van der Waals surface area (Å²) in [6.45, 7) is 3.57. The molecule has 100 valence electrons. The summed E-state index contributed by atoms with van der Waals surface area (Å²) < 4.78 is 0. The van der Waals surface area contributed by atoms with Gasteiger partial charge in [0.05, 0.1) is 5.56 Å². The summed E-state index contributed by atoms with van der Waals surface area (Å²) in [5, 5.41) is 19.7. The summed E-state index contributed by atoms with van der Waals surface area (Å²) in [6.07, 6.45) is 6.19. The molecule has 0 spiro atoms. The molecule has 0 unspecified atom stereocenters. The number of carbonyl (C=O) groups is 1. The van der Waals surface area contributed by atoms with Crippen molar-refractivity contribution in [3.8, 4) is 11.5 Å². The Morgan fingerprint density at radius 2 is 1.78 bits per heavy atom. The van der Waals surface area contributed by atoms with E-state index in [2.05, 4.69) is 6.92 Å². The number of ketones is 1. The number of carbonyl (C=O) groups excluding carboxylic acids is 1. The van der Waals surface area contributed by atoms with Crippen molar-refractivity contribution in [1.29, 1.82) is 0 Å². The first kappa shape index (κ1) is 14.6. The van der Waals surface area contributed by atoms with E-state index in [0.29, 0.717) is 12.0 Å². The molecule has 0 aliphatic rings. The first-order chi connectivity index (χ1) is 8.57. The third-order valence-corrected chi connectivity index (χ3v) is 3.17. The van der Waals surface area contributed by atoms with Crippen molar-refractivity contribution in [3.63, 3.8) is 0 Å². The van der Waals surface area contributed by atoms with Crippen molar-refractivity contribution in [2.24, 2.45) is 0 Å². The van der Waals surface area contributed by atoms with Gasteiger partial charge in [-0.15, -0.1) is 0 Å². The number of phenolic OH excluding ortho intramolecular Hbond substituents is 2. The van der Waals surface area contributed by atoms with Crippen LogP contribution in [0.5, 0.6) is 11.5 Å². The van der Waals surface area contributed by atoms with Gasteiger partial charge in [0, 0.05) is 5.56 Å². The van der Waals surface area contributed by atoms with Crippen molar-refractivity contribution in [1.82, 2.24) is 0 Å². The zero-order chi connectivity index (χ0) is 13.5. The minimum atomic E-state index is -0.181. The maximum atomic E-state index is 11.3. The van der Waals surface area contributed by atoms with Gasteiger partial charge in [-0.05, 0) is 31.9 Å². The molecule has 18 heavy (non-hydrogen) atoms. The second-order valence-corrected chi connectivity index (χ2v) is 4.68. The van der Waals surface area contributed by atoms with Gasteiger partial charge >= 0.3 is 0 Å². The van der Waals surface area contributed by atoms with Crippen LogP contribution in [0, 0.1) is 0 Å². The lowest BCUT2D eigenvalue weighted by Crippen LogP contribution is -1.97. The zero-order valence-electron chi connectivity index (χ0n) is 11.2. The SMILES string of the molecule is CCCCCCCc1c(O)ccc(C(C)=O)c1O. The monoisotopic (exact) mass is 250 g/mol. The van der Waals surface area contributed by atoms with Crippen molar-refractivity contribution < 1.29 is 15.0 Å². The molecule has 2 N–H and O–H groups in total. The second-order valence-electron chi connectivity index (χ2n) is 4.68. The lowest BCUT2D eigenvalue weighted by molar-refractivity contribution is 0.101. The van der Waals surface area contributed by atoms with Gasteiger partial charge in [0.15, 0.2) is 5.78 Å². The van der Waals surface area contributed by atoms with Gasteiger partial charge < -0.3 is 10.2 Å². The summed E-state index contributed by atoms with van der Waals surface area (Å²) >= 11 is 0. The molecule has 1 aromatic rings. The standard InChI is InChI=1S/C15H22O3/c1-3-4-5-6-7-8-13-14(17)10-9-12(11(2)16)15(13)18/h9-10,17-18H,3-8H2,1-2H3. The van der Waals surface area contributed by atoms with E-state index in [4.69, 9.17) is 0 Å². The Morgan fingerprint density at radius 3 is 2.39 bits per heavy atom. The van der Waals surface area contributed by atoms with Crippen molar-refractivity contribution >= 4 is 5.78 Å². The molecule has 3 heteroatoms. The van der Waals surface area contributed by atoms with Gasteiger partial charge in [-0.1, -0.05) is 32.6 Å². The number of rotatable bonds is 7. The fourth-order valence-corrected chi connectivity index (χ4v) is 2.06. The summed E-state index contributed by atoms with van der Waals surface area (Å²) in [7, 11) is 0. The van der Waals surface area contributed by atoms with E-state index in [9.17, 15) is 15.0 Å². The third kappa shape index (κ3) is 3.76. The van der Waals surface area contributed by atoms with Gasteiger partial charge in [-0.2, -0.15) is 0 Å². The number of hydrogen-bond donors (Lipinski definition) is 2. The maximum Gasteiger partial charge on any atom is 0.163 e. The Bertz CT molecular complexity index is 410. The van der Waals surface area contributed by atoms with Crippen LogP contribution in [0.15, 0.2) is 12.1 Å². The van der Waals surface area contributed by atoms with E-state index < -0.39 is 0 Å². The first-order valence-electron chi connectivity index (χ1n) is 6.62. The lowest BCUT2D eigenvalue weighted by atomic mass is 9.99. The average Bonchev–Trinajstić information content (AvgIpc) is 2.32. The summed E-state index contributed by atoms with van der Waals surface area (Å²) in [4.78, 5) is 11.3. The summed E-state index contributed by atoms with van der Waals surface area (Å²) in [6, 6.07) is 2.95. The Kier molecular flexibility index (Phi) is 5.69. The van der Waals surface area contributed by atoms with Crippen LogP contribution in [0.1, 0.15) is 61.9 Å². The first-order valence-corrected chi connectivity index (χ1v) is 6.62. The molecule has 3 nitrogen and oxygen atoms in total. The van der Waals surface area contributed by atoms with Gasteiger partial charge in [0.1, 0.15) is 11.5 Å². The van der Waals surface area contributed by atoms with Crippen molar-refractivity contribution in [3.05, 3.63) is 23.3 Å². The van der Waals surface area contributed by atoms with Crippen LogP contribution in [0.25, 0.3) is 0 Å². The van der Waals surface area contributed by atoms with E-state index in [1.807, 2.05) is 0 Å². The molecule has 1 rings (SSSR count). The highest BCUT2D eigenvalue weighted by atomic mass is 16.3. The highest BCUT2D eigenvalue weighted by molar-refractivity contribution is 5.97. The van der Waals surface area contributed by atoms with Gasteiger partial charge in [0.2, 0.25) is 0 Å². The van der Waals surface area contributed by atoms with E-state index in [-0.39, 0.29) is 22.8 Å². The normalized spacial score (nSPS) is 10.6. The molecular weight excluding hydrogens is 228 g/mol. The molecule has 0 amide bonds. The van der Waals surface area contributed by atoms with Crippen LogP contribution in [-0.2, 0) is 6.42 Å². The predicted molar refractivity (Wildman–Crippen MR) is 72.2 cm³/mol. The second kappa shape index (κ2) is 7.04. The Morgan fingerprint density at radius 1 is 1.11 bits per heavy atom. The van der Waals surface area contributed by atoms with E-state index in [1.54, 1.807) is 0 Å². The summed E-state index contributed by atoms with van der Waals surface area (Å²) in [5.41, 5.74) is 0.788. The van der Waals surface area contributed by atoms with Crippen LogP contribution >= 0.6 is 0 Å². The Balaban J connectivity index is 2.69. The molecule has 0 radical (unpaired) electrons. The van der Waals surface area contributed by atoms with Crippen molar-refractivity contribution in [2.75, 3.05) is 0 Å².